The quantitative estimate of drug-likeness (QED) is 0.659. The predicted molar refractivity (Wildman–Crippen MR) is 73.4 cm³/mol. The summed E-state index contributed by atoms with van der Waals surface area (Å²) in [6.45, 7) is 2.74. The van der Waals surface area contributed by atoms with E-state index in [9.17, 15) is 4.79 Å². The fourth-order valence-corrected chi connectivity index (χ4v) is 1.97. The first-order chi connectivity index (χ1) is 9.19. The van der Waals surface area contributed by atoms with Crippen LogP contribution in [0.25, 0.3) is 0 Å². The molecule has 1 aromatic carbocycles. The van der Waals surface area contributed by atoms with E-state index in [0.29, 0.717) is 29.2 Å². The third-order valence-electron chi connectivity index (χ3n) is 2.92. The Bertz CT molecular complexity index is 590. The van der Waals surface area contributed by atoms with Crippen LogP contribution in [0.4, 0.5) is 5.69 Å². The molecule has 0 spiro atoms. The molecule has 0 aliphatic rings. The minimum atomic E-state index is -0.137. The Hall–Kier alpha value is -2.30. The number of carbonyl (C=O) groups excluding carboxylic acids is 1. The van der Waals surface area contributed by atoms with Gasteiger partial charge in [-0.25, -0.2) is 0 Å². The number of nitrogens with zero attached hydrogens (tertiary/aromatic N) is 2. The summed E-state index contributed by atoms with van der Waals surface area (Å²) in [6, 6.07) is 6.89. The highest BCUT2D eigenvalue weighted by Crippen LogP contribution is 2.26. The second kappa shape index (κ2) is 5.56. The van der Waals surface area contributed by atoms with Crippen molar-refractivity contribution in [1.29, 1.82) is 0 Å². The van der Waals surface area contributed by atoms with Crippen molar-refractivity contribution in [1.82, 2.24) is 9.78 Å². The third-order valence-corrected chi connectivity index (χ3v) is 2.92. The smallest absolute Gasteiger partial charge is 0.213 e. The minimum Gasteiger partial charge on any atom is -0.495 e. The van der Waals surface area contributed by atoms with Crippen molar-refractivity contribution in [2.24, 2.45) is 0 Å². The predicted octanol–water partition coefficient (Wildman–Crippen LogP) is 2.11. The van der Waals surface area contributed by atoms with Crippen molar-refractivity contribution in [2.75, 3.05) is 12.8 Å². The van der Waals surface area contributed by atoms with E-state index >= 15 is 0 Å². The van der Waals surface area contributed by atoms with Crippen molar-refractivity contribution in [3.63, 3.8) is 0 Å². The number of anilines is 1. The number of ether oxygens (including phenoxy) is 1. The minimum absolute atomic E-state index is 0.137. The second-order valence-electron chi connectivity index (χ2n) is 4.19. The number of aryl methyl sites for hydroxylation is 1. The van der Waals surface area contributed by atoms with Gasteiger partial charge in [0.05, 0.1) is 18.4 Å². The van der Waals surface area contributed by atoms with Gasteiger partial charge in [-0.3, -0.25) is 9.48 Å². The fourth-order valence-electron chi connectivity index (χ4n) is 1.97. The van der Waals surface area contributed by atoms with Crippen LogP contribution in [0.3, 0.4) is 0 Å². The Morgan fingerprint density at radius 3 is 2.89 bits per heavy atom. The van der Waals surface area contributed by atoms with E-state index in [1.807, 2.05) is 6.92 Å². The van der Waals surface area contributed by atoms with Gasteiger partial charge in [0.15, 0.2) is 0 Å². The van der Waals surface area contributed by atoms with Crippen LogP contribution in [-0.2, 0) is 6.54 Å². The number of carbonyl (C=O) groups is 1. The highest BCUT2D eigenvalue weighted by atomic mass is 16.5. The normalized spacial score (nSPS) is 10.4. The number of nitrogens with two attached hydrogens (primary N) is 1. The van der Waals surface area contributed by atoms with Crippen molar-refractivity contribution >= 4 is 11.5 Å². The summed E-state index contributed by atoms with van der Waals surface area (Å²) < 4.78 is 6.83. The van der Waals surface area contributed by atoms with Crippen molar-refractivity contribution in [3.05, 3.63) is 41.7 Å². The number of ketones is 1. The SMILES string of the molecule is CCCn1nccc1C(=O)c1cccc(OC)c1N. The van der Waals surface area contributed by atoms with Gasteiger partial charge in [0, 0.05) is 12.7 Å². The van der Waals surface area contributed by atoms with Crippen LogP contribution in [0.1, 0.15) is 29.4 Å². The number of methoxy groups -OCH3 is 1. The molecule has 5 heteroatoms. The maximum atomic E-state index is 12.5. The lowest BCUT2D eigenvalue weighted by molar-refractivity contribution is 0.102. The molecule has 0 saturated carbocycles. The van der Waals surface area contributed by atoms with Gasteiger partial charge < -0.3 is 10.5 Å². The van der Waals surface area contributed by atoms with Crippen molar-refractivity contribution < 1.29 is 9.53 Å². The van der Waals surface area contributed by atoms with Gasteiger partial charge in [-0.1, -0.05) is 13.0 Å². The maximum Gasteiger partial charge on any atom is 0.213 e. The average molecular weight is 259 g/mol. The molecule has 0 saturated heterocycles. The number of rotatable bonds is 5. The maximum absolute atomic E-state index is 12.5. The number of hydrogen-bond acceptors (Lipinski definition) is 4. The monoisotopic (exact) mass is 259 g/mol. The molecule has 0 radical (unpaired) electrons. The number of hydrogen-bond donors (Lipinski definition) is 1. The van der Waals surface area contributed by atoms with E-state index in [2.05, 4.69) is 5.10 Å². The van der Waals surface area contributed by atoms with E-state index in [-0.39, 0.29) is 5.78 Å². The first-order valence-electron chi connectivity index (χ1n) is 6.18. The van der Waals surface area contributed by atoms with Gasteiger partial charge in [0.1, 0.15) is 11.4 Å². The summed E-state index contributed by atoms with van der Waals surface area (Å²) in [5, 5.41) is 4.15. The number of aromatic nitrogens is 2. The first-order valence-corrected chi connectivity index (χ1v) is 6.18. The van der Waals surface area contributed by atoms with Gasteiger partial charge in [-0.05, 0) is 24.6 Å². The van der Waals surface area contributed by atoms with Crippen LogP contribution in [0.15, 0.2) is 30.5 Å². The molecular weight excluding hydrogens is 242 g/mol. The molecular formula is C14H17N3O2. The summed E-state index contributed by atoms with van der Waals surface area (Å²) in [5.74, 6) is 0.370. The highest BCUT2D eigenvalue weighted by molar-refractivity contribution is 6.11. The molecule has 5 nitrogen and oxygen atoms in total. The molecule has 19 heavy (non-hydrogen) atoms. The fraction of sp³-hybridized carbons (Fsp3) is 0.286. The Morgan fingerprint density at radius 2 is 2.21 bits per heavy atom. The summed E-state index contributed by atoms with van der Waals surface area (Å²) in [6.07, 6.45) is 2.54. The van der Waals surface area contributed by atoms with Crippen LogP contribution in [0, 0.1) is 0 Å². The highest BCUT2D eigenvalue weighted by Gasteiger charge is 2.18. The molecule has 0 bridgehead atoms. The van der Waals surface area contributed by atoms with Crippen molar-refractivity contribution in [3.8, 4) is 5.75 Å². The number of para-hydroxylation sites is 1. The Balaban J connectivity index is 2.41. The molecule has 100 valence electrons. The van der Waals surface area contributed by atoms with Gasteiger partial charge in [-0.15, -0.1) is 0 Å². The zero-order chi connectivity index (χ0) is 13.8. The van der Waals surface area contributed by atoms with E-state index in [1.54, 1.807) is 35.1 Å². The molecule has 2 aromatic rings. The molecule has 1 heterocycles. The molecule has 2 N–H and O–H groups in total. The lowest BCUT2D eigenvalue weighted by atomic mass is 10.1. The number of benzene rings is 1. The molecule has 1 aromatic heterocycles. The lowest BCUT2D eigenvalue weighted by Gasteiger charge is -2.10. The van der Waals surface area contributed by atoms with Crippen LogP contribution in [0.2, 0.25) is 0 Å². The van der Waals surface area contributed by atoms with E-state index in [4.69, 9.17) is 10.5 Å². The summed E-state index contributed by atoms with van der Waals surface area (Å²) >= 11 is 0. The molecule has 0 aliphatic carbocycles. The van der Waals surface area contributed by atoms with E-state index in [1.165, 1.54) is 7.11 Å². The third kappa shape index (κ3) is 2.45. The summed E-state index contributed by atoms with van der Waals surface area (Å²) in [4.78, 5) is 12.5. The average Bonchev–Trinajstić information content (AvgIpc) is 2.87. The largest absolute Gasteiger partial charge is 0.495 e. The standard InChI is InChI=1S/C14H17N3O2/c1-3-9-17-11(7-8-16-17)14(18)10-5-4-6-12(19-2)13(10)15/h4-8H,3,9,15H2,1-2H3. The second-order valence-corrected chi connectivity index (χ2v) is 4.19. The molecule has 0 fully saturated rings. The van der Waals surface area contributed by atoms with Crippen LogP contribution in [-0.4, -0.2) is 22.7 Å². The zero-order valence-corrected chi connectivity index (χ0v) is 11.1. The van der Waals surface area contributed by atoms with Crippen LogP contribution >= 0.6 is 0 Å². The lowest BCUT2D eigenvalue weighted by Crippen LogP contribution is -2.13. The topological polar surface area (TPSA) is 70.1 Å². The summed E-state index contributed by atoms with van der Waals surface area (Å²) in [5.41, 5.74) is 7.29. The van der Waals surface area contributed by atoms with E-state index < -0.39 is 0 Å². The first kappa shape index (κ1) is 13.1. The molecule has 0 amide bonds. The van der Waals surface area contributed by atoms with Crippen LogP contribution < -0.4 is 10.5 Å². The van der Waals surface area contributed by atoms with Gasteiger partial charge in [0.2, 0.25) is 5.78 Å². The van der Waals surface area contributed by atoms with Gasteiger partial charge in [-0.2, -0.15) is 5.10 Å². The van der Waals surface area contributed by atoms with Crippen molar-refractivity contribution in [2.45, 2.75) is 19.9 Å². The van der Waals surface area contributed by atoms with Gasteiger partial charge in [0.25, 0.3) is 0 Å². The van der Waals surface area contributed by atoms with Crippen LogP contribution in [0.5, 0.6) is 5.75 Å². The Labute approximate surface area is 112 Å². The zero-order valence-electron chi connectivity index (χ0n) is 11.1. The Kier molecular flexibility index (Phi) is 3.85. The van der Waals surface area contributed by atoms with Gasteiger partial charge >= 0.3 is 0 Å². The van der Waals surface area contributed by atoms with E-state index in [0.717, 1.165) is 6.42 Å². The Morgan fingerprint density at radius 1 is 1.42 bits per heavy atom. The summed E-state index contributed by atoms with van der Waals surface area (Å²) in [7, 11) is 1.53. The molecule has 0 aliphatic heterocycles. The number of nitrogen functional groups attached to an aromatic ring is 1. The molecule has 0 atom stereocenters. The molecule has 2 rings (SSSR count). The molecule has 0 unspecified atom stereocenters.